The topological polar surface area (TPSA) is 69.6 Å². The third-order valence-electron chi connectivity index (χ3n) is 12.6. The Morgan fingerprint density at radius 2 is 0.643 bits per heavy atom. The molecular weight excluding hydrogens is 855 g/mol. The molecule has 0 aromatic rings. The molecule has 0 radical (unpaired) electrons. The van der Waals surface area contributed by atoms with E-state index in [1.54, 1.807) is 6.08 Å². The molecule has 0 aromatic heterocycles. The van der Waals surface area contributed by atoms with E-state index in [1.807, 2.05) is 6.08 Å². The highest BCUT2D eigenvalue weighted by atomic mass is 16.3. The van der Waals surface area contributed by atoms with E-state index < -0.39 is 12.1 Å². The number of amides is 1. The van der Waals surface area contributed by atoms with Crippen molar-refractivity contribution >= 4 is 5.91 Å². The molecule has 4 heteroatoms. The fourth-order valence-electron chi connectivity index (χ4n) is 8.19. The Hall–Kier alpha value is -3.47. The van der Waals surface area contributed by atoms with Crippen LogP contribution in [0.15, 0.2) is 134 Å². The molecule has 2 unspecified atom stereocenters. The van der Waals surface area contributed by atoms with Gasteiger partial charge in [0.15, 0.2) is 0 Å². The third-order valence-corrected chi connectivity index (χ3v) is 12.6. The van der Waals surface area contributed by atoms with Crippen LogP contribution in [0.25, 0.3) is 0 Å². The minimum absolute atomic E-state index is 0.0844. The summed E-state index contributed by atoms with van der Waals surface area (Å²) in [4.78, 5) is 12.5. The van der Waals surface area contributed by atoms with Crippen LogP contribution in [0, 0.1) is 0 Å². The van der Waals surface area contributed by atoms with Crippen LogP contribution in [0.3, 0.4) is 0 Å². The molecule has 0 aliphatic rings. The van der Waals surface area contributed by atoms with Gasteiger partial charge in [-0.3, -0.25) is 4.79 Å². The normalized spacial score (nSPS) is 13.8. The maximum atomic E-state index is 12.5. The van der Waals surface area contributed by atoms with Crippen molar-refractivity contribution in [1.82, 2.24) is 5.32 Å². The lowest BCUT2D eigenvalue weighted by Gasteiger charge is -2.19. The van der Waals surface area contributed by atoms with Gasteiger partial charge in [-0.05, 0) is 103 Å². The average Bonchev–Trinajstić information content (AvgIpc) is 3.36. The smallest absolute Gasteiger partial charge is 0.220 e. The van der Waals surface area contributed by atoms with Crippen molar-refractivity contribution in [3.63, 3.8) is 0 Å². The largest absolute Gasteiger partial charge is 0.394 e. The van der Waals surface area contributed by atoms with Crippen LogP contribution in [0.1, 0.15) is 258 Å². The summed E-state index contributed by atoms with van der Waals surface area (Å²) in [6.07, 6.45) is 93.3. The molecule has 0 rings (SSSR count). The van der Waals surface area contributed by atoms with Gasteiger partial charge in [-0.2, -0.15) is 0 Å². The Kier molecular flexibility index (Phi) is 56.9. The highest BCUT2D eigenvalue weighted by molar-refractivity contribution is 5.76. The lowest BCUT2D eigenvalue weighted by atomic mass is 10.0. The summed E-state index contributed by atoms with van der Waals surface area (Å²) in [6.45, 7) is 4.19. The van der Waals surface area contributed by atoms with Crippen LogP contribution in [0.5, 0.6) is 0 Å². The highest BCUT2D eigenvalue weighted by Gasteiger charge is 2.18. The molecule has 0 aliphatic heterocycles. The first kappa shape index (κ1) is 66.5. The van der Waals surface area contributed by atoms with Gasteiger partial charge in [-0.15, -0.1) is 0 Å². The Bertz CT molecular complexity index is 1420. The van der Waals surface area contributed by atoms with Crippen molar-refractivity contribution in [2.45, 2.75) is 270 Å². The number of unbranched alkanes of at least 4 members (excludes halogenated alkanes) is 25. The molecule has 0 aliphatic carbocycles. The third kappa shape index (κ3) is 55.5. The Morgan fingerprint density at radius 1 is 0.357 bits per heavy atom. The van der Waals surface area contributed by atoms with E-state index in [9.17, 15) is 15.0 Å². The zero-order valence-corrected chi connectivity index (χ0v) is 45.7. The fraction of sp³-hybridized carbons (Fsp3) is 0.652. The van der Waals surface area contributed by atoms with Gasteiger partial charge in [-0.1, -0.05) is 282 Å². The molecule has 70 heavy (non-hydrogen) atoms. The number of aliphatic hydroxyl groups is 2. The standard InChI is InChI=1S/C66H111NO3/c1-3-5-7-9-11-13-15-17-19-21-23-25-26-27-28-29-30-31-32-33-34-35-36-37-38-39-40-42-44-46-48-50-52-54-56-58-60-62-66(70)67-64(63-68)65(69)61-59-57-55-53-51-49-47-45-43-41-24-22-20-18-16-14-12-10-8-6-4-2/h5,7,11,13,17,19,23,25,27-28,30-31,33-34,36-37,39-40,51,53,59,61,64-65,68-69H,3-4,6,8-10,12,14-16,18,20-22,24,26,29,32,35,38,41-50,52,54-58,60,62-63H2,1-2H3,(H,67,70)/b7-5-,13-11-,19-17-,25-23-,28-27-,31-30-,34-33-,37-36-,40-39-,53-51+,61-59+. The van der Waals surface area contributed by atoms with Crippen LogP contribution in [-0.2, 0) is 4.79 Å². The van der Waals surface area contributed by atoms with Gasteiger partial charge in [0.2, 0.25) is 5.91 Å². The lowest BCUT2D eigenvalue weighted by molar-refractivity contribution is -0.123. The van der Waals surface area contributed by atoms with Gasteiger partial charge in [-0.25, -0.2) is 0 Å². The summed E-state index contributed by atoms with van der Waals surface area (Å²) in [5.74, 6) is -0.0844. The van der Waals surface area contributed by atoms with E-state index in [2.05, 4.69) is 141 Å². The molecule has 0 saturated carbocycles. The van der Waals surface area contributed by atoms with Gasteiger partial charge < -0.3 is 15.5 Å². The molecular formula is C66H111NO3. The van der Waals surface area contributed by atoms with Crippen LogP contribution in [-0.4, -0.2) is 34.9 Å². The molecule has 1 amide bonds. The van der Waals surface area contributed by atoms with Crippen molar-refractivity contribution in [1.29, 1.82) is 0 Å². The van der Waals surface area contributed by atoms with Crippen molar-refractivity contribution in [3.05, 3.63) is 134 Å². The highest BCUT2D eigenvalue weighted by Crippen LogP contribution is 2.15. The minimum Gasteiger partial charge on any atom is -0.394 e. The van der Waals surface area contributed by atoms with Crippen LogP contribution < -0.4 is 5.32 Å². The monoisotopic (exact) mass is 966 g/mol. The summed E-state index contributed by atoms with van der Waals surface area (Å²) in [5.41, 5.74) is 0. The molecule has 0 saturated heterocycles. The second-order valence-corrected chi connectivity index (χ2v) is 19.3. The molecule has 0 spiro atoms. The summed E-state index contributed by atoms with van der Waals surface area (Å²) in [7, 11) is 0. The van der Waals surface area contributed by atoms with Crippen molar-refractivity contribution in [2.24, 2.45) is 0 Å². The number of carbonyl (C=O) groups is 1. The zero-order chi connectivity index (χ0) is 50.6. The Labute approximate surface area is 434 Å². The number of allylic oxidation sites excluding steroid dienone is 21. The van der Waals surface area contributed by atoms with Crippen LogP contribution in [0.2, 0.25) is 0 Å². The van der Waals surface area contributed by atoms with Gasteiger partial charge in [0.05, 0.1) is 18.8 Å². The van der Waals surface area contributed by atoms with Crippen LogP contribution in [0.4, 0.5) is 0 Å². The predicted octanol–water partition coefficient (Wildman–Crippen LogP) is 19.8. The molecule has 3 N–H and O–H groups in total. The van der Waals surface area contributed by atoms with Gasteiger partial charge in [0.1, 0.15) is 0 Å². The molecule has 0 aromatic carbocycles. The van der Waals surface area contributed by atoms with Crippen LogP contribution >= 0.6 is 0 Å². The first-order valence-electron chi connectivity index (χ1n) is 29.4. The quantitative estimate of drug-likeness (QED) is 0.0420. The molecule has 398 valence electrons. The number of hydrogen-bond donors (Lipinski definition) is 3. The fourth-order valence-corrected chi connectivity index (χ4v) is 8.19. The second kappa shape index (κ2) is 59.8. The summed E-state index contributed by atoms with van der Waals surface area (Å²) >= 11 is 0. The van der Waals surface area contributed by atoms with Gasteiger partial charge >= 0.3 is 0 Å². The number of nitrogens with one attached hydrogen (secondary N) is 1. The van der Waals surface area contributed by atoms with E-state index >= 15 is 0 Å². The van der Waals surface area contributed by atoms with Crippen molar-refractivity contribution in [2.75, 3.05) is 6.61 Å². The predicted molar refractivity (Wildman–Crippen MR) is 312 cm³/mol. The summed E-state index contributed by atoms with van der Waals surface area (Å²) in [5, 5.41) is 23.2. The maximum Gasteiger partial charge on any atom is 0.220 e. The van der Waals surface area contributed by atoms with E-state index in [1.165, 1.54) is 141 Å². The first-order chi connectivity index (χ1) is 34.7. The first-order valence-corrected chi connectivity index (χ1v) is 29.4. The van der Waals surface area contributed by atoms with E-state index in [-0.39, 0.29) is 12.5 Å². The van der Waals surface area contributed by atoms with Crippen molar-refractivity contribution < 1.29 is 15.0 Å². The number of carbonyl (C=O) groups excluding carboxylic acids is 1. The Morgan fingerprint density at radius 3 is 1.00 bits per heavy atom. The average molecular weight is 967 g/mol. The molecule has 4 nitrogen and oxygen atoms in total. The molecule has 0 fully saturated rings. The summed E-state index contributed by atoms with van der Waals surface area (Å²) in [6, 6.07) is -0.652. The Balaban J connectivity index is 3.64. The lowest BCUT2D eigenvalue weighted by Crippen LogP contribution is -2.45. The molecule has 0 heterocycles. The second-order valence-electron chi connectivity index (χ2n) is 19.3. The van der Waals surface area contributed by atoms with E-state index in [0.717, 1.165) is 96.3 Å². The number of rotatable bonds is 52. The van der Waals surface area contributed by atoms with Crippen molar-refractivity contribution in [3.8, 4) is 0 Å². The van der Waals surface area contributed by atoms with Gasteiger partial charge in [0.25, 0.3) is 0 Å². The maximum absolute atomic E-state index is 12.5. The number of hydrogen-bond acceptors (Lipinski definition) is 3. The van der Waals surface area contributed by atoms with E-state index in [0.29, 0.717) is 6.42 Å². The molecule has 2 atom stereocenters. The van der Waals surface area contributed by atoms with E-state index in [4.69, 9.17) is 0 Å². The summed E-state index contributed by atoms with van der Waals surface area (Å²) < 4.78 is 0. The molecule has 0 bridgehead atoms. The van der Waals surface area contributed by atoms with Gasteiger partial charge in [0, 0.05) is 6.42 Å². The number of aliphatic hydroxyl groups excluding tert-OH is 2. The zero-order valence-electron chi connectivity index (χ0n) is 45.7. The minimum atomic E-state index is -0.874. The SMILES string of the molecule is CC/C=C\C/C=C\C/C=C\C/C=C\C/C=C\C/C=C\C/C=C\C/C=C\C/C=C\CCCCCCCCCCCC(=O)NC(CO)C(O)/C=C/CC/C=C/CCCCCCCCCCCCCCCCC.